The van der Waals surface area contributed by atoms with Gasteiger partial charge in [-0.05, 0) is 12.3 Å². The second-order valence-electron chi connectivity index (χ2n) is 4.12. The van der Waals surface area contributed by atoms with Gasteiger partial charge in [0.2, 0.25) is 0 Å². The number of thiol groups is 2. The van der Waals surface area contributed by atoms with Gasteiger partial charge in [-0.3, -0.25) is 9.59 Å². The number of unbranched alkanes of at least 4 members (excludes halogenated alkanes) is 1. The highest BCUT2D eigenvalue weighted by molar-refractivity contribution is 7.81. The summed E-state index contributed by atoms with van der Waals surface area (Å²) in [4.78, 5) is 20.4. The molecule has 0 aromatic heterocycles. The van der Waals surface area contributed by atoms with Crippen LogP contribution in [0, 0.1) is 5.92 Å². The van der Waals surface area contributed by atoms with Crippen LogP contribution in [0.4, 0.5) is 0 Å². The topological polar surface area (TPSA) is 63.6 Å². The number of rotatable bonds is 9. The first kappa shape index (κ1) is 20.9. The minimum absolute atomic E-state index is 0.0833. The van der Waals surface area contributed by atoms with Gasteiger partial charge in [0.25, 0.3) is 0 Å². The van der Waals surface area contributed by atoms with E-state index in [0.717, 1.165) is 6.42 Å². The van der Waals surface area contributed by atoms with Gasteiger partial charge in [0.1, 0.15) is 0 Å². The van der Waals surface area contributed by atoms with Crippen LogP contribution in [0.5, 0.6) is 0 Å². The van der Waals surface area contributed by atoms with E-state index in [4.69, 9.17) is 9.84 Å². The number of carboxylic acid groups (broad SMARTS) is 1. The van der Waals surface area contributed by atoms with E-state index in [0.29, 0.717) is 24.7 Å². The SMILES string of the molecule is CCCCC(CC)COC(=O)CCS.O=C(O)CS. The zero-order valence-corrected chi connectivity index (χ0v) is 13.6. The molecule has 6 heteroatoms. The van der Waals surface area contributed by atoms with E-state index in [1.54, 1.807) is 0 Å². The third kappa shape index (κ3) is 17.6. The molecule has 0 heterocycles. The first-order valence-electron chi connectivity index (χ1n) is 6.60. The average molecular weight is 310 g/mol. The predicted molar refractivity (Wildman–Crippen MR) is 84.2 cm³/mol. The van der Waals surface area contributed by atoms with Crippen molar-refractivity contribution in [1.82, 2.24) is 0 Å². The second kappa shape index (κ2) is 15.7. The first-order valence-corrected chi connectivity index (χ1v) is 7.87. The molecular formula is C13H26O4S2. The molecule has 0 saturated heterocycles. The molecule has 4 nitrogen and oxygen atoms in total. The van der Waals surface area contributed by atoms with E-state index in [1.165, 1.54) is 19.3 Å². The van der Waals surface area contributed by atoms with Gasteiger partial charge in [-0.25, -0.2) is 0 Å². The van der Waals surface area contributed by atoms with E-state index in [-0.39, 0.29) is 11.7 Å². The fraction of sp³-hybridized carbons (Fsp3) is 0.846. The van der Waals surface area contributed by atoms with Crippen LogP contribution in [0.1, 0.15) is 46.0 Å². The molecule has 19 heavy (non-hydrogen) atoms. The van der Waals surface area contributed by atoms with Crippen LogP contribution in [-0.2, 0) is 14.3 Å². The lowest BCUT2D eigenvalue weighted by atomic mass is 10.0. The summed E-state index contributed by atoms with van der Waals surface area (Å²) in [5, 5.41) is 7.65. The van der Waals surface area contributed by atoms with E-state index >= 15 is 0 Å². The van der Waals surface area contributed by atoms with Crippen molar-refractivity contribution in [2.24, 2.45) is 5.92 Å². The Hall–Kier alpha value is -0.360. The van der Waals surface area contributed by atoms with Gasteiger partial charge < -0.3 is 9.84 Å². The number of carbonyl (C=O) groups is 2. The Morgan fingerprint density at radius 3 is 2.21 bits per heavy atom. The van der Waals surface area contributed by atoms with Crippen molar-refractivity contribution in [3.05, 3.63) is 0 Å². The molecule has 0 saturated carbocycles. The van der Waals surface area contributed by atoms with Gasteiger partial charge in [0.05, 0.1) is 18.8 Å². The van der Waals surface area contributed by atoms with Crippen molar-refractivity contribution >= 4 is 37.2 Å². The molecule has 1 N–H and O–H groups in total. The van der Waals surface area contributed by atoms with Crippen LogP contribution >= 0.6 is 25.3 Å². The summed E-state index contributed by atoms with van der Waals surface area (Å²) in [5.74, 6) is 0.0343. The maximum absolute atomic E-state index is 11.1. The lowest BCUT2D eigenvalue weighted by Gasteiger charge is -2.14. The van der Waals surface area contributed by atoms with E-state index < -0.39 is 5.97 Å². The number of aliphatic carboxylic acids is 1. The predicted octanol–water partition coefficient (Wildman–Crippen LogP) is 3.07. The largest absolute Gasteiger partial charge is 0.481 e. The molecule has 114 valence electrons. The van der Waals surface area contributed by atoms with Crippen LogP contribution in [0.15, 0.2) is 0 Å². The number of hydrogen-bond donors (Lipinski definition) is 3. The van der Waals surface area contributed by atoms with E-state index in [2.05, 4.69) is 39.1 Å². The number of hydrogen-bond acceptors (Lipinski definition) is 5. The number of carboxylic acids is 1. The van der Waals surface area contributed by atoms with Gasteiger partial charge >= 0.3 is 11.9 Å². The highest BCUT2D eigenvalue weighted by Crippen LogP contribution is 2.13. The van der Waals surface area contributed by atoms with E-state index in [1.807, 2.05) is 0 Å². The van der Waals surface area contributed by atoms with Crippen molar-refractivity contribution < 1.29 is 19.4 Å². The van der Waals surface area contributed by atoms with Gasteiger partial charge in [-0.1, -0.05) is 33.1 Å². The molecule has 0 aromatic rings. The maximum Gasteiger partial charge on any atom is 0.313 e. The highest BCUT2D eigenvalue weighted by Gasteiger charge is 2.08. The number of carbonyl (C=O) groups excluding carboxylic acids is 1. The summed E-state index contributed by atoms with van der Waals surface area (Å²) in [6, 6.07) is 0. The summed E-state index contributed by atoms with van der Waals surface area (Å²) in [5.41, 5.74) is 0. The molecule has 0 rings (SSSR count). The minimum atomic E-state index is -0.881. The highest BCUT2D eigenvalue weighted by atomic mass is 32.1. The van der Waals surface area contributed by atoms with Gasteiger partial charge in [0.15, 0.2) is 0 Å². The van der Waals surface area contributed by atoms with Crippen molar-refractivity contribution in [2.45, 2.75) is 46.0 Å². The molecular weight excluding hydrogens is 284 g/mol. The summed E-state index contributed by atoms with van der Waals surface area (Å²) >= 11 is 7.40. The summed E-state index contributed by atoms with van der Waals surface area (Å²) in [6.07, 6.45) is 5.12. The van der Waals surface area contributed by atoms with Crippen molar-refractivity contribution in [3.8, 4) is 0 Å². The second-order valence-corrected chi connectivity index (χ2v) is 4.89. The molecule has 0 aliphatic carbocycles. The fourth-order valence-electron chi connectivity index (χ4n) is 1.27. The maximum atomic E-state index is 11.1. The zero-order chi connectivity index (χ0) is 15.1. The van der Waals surface area contributed by atoms with Crippen LogP contribution in [0.2, 0.25) is 0 Å². The Morgan fingerprint density at radius 1 is 1.26 bits per heavy atom. The van der Waals surface area contributed by atoms with Crippen LogP contribution < -0.4 is 0 Å². The zero-order valence-electron chi connectivity index (χ0n) is 11.8. The number of esters is 1. The molecule has 0 bridgehead atoms. The monoisotopic (exact) mass is 310 g/mol. The Kier molecular flexibility index (Phi) is 17.3. The fourth-order valence-corrected chi connectivity index (χ4v) is 1.45. The molecule has 0 aliphatic rings. The van der Waals surface area contributed by atoms with Crippen LogP contribution in [-0.4, -0.2) is 35.2 Å². The van der Waals surface area contributed by atoms with Gasteiger partial charge in [-0.15, -0.1) is 0 Å². The first-order chi connectivity index (χ1) is 9.01. The molecule has 1 atom stereocenters. The normalized spacial score (nSPS) is 11.2. The summed E-state index contributed by atoms with van der Waals surface area (Å²) < 4.78 is 5.14. The summed E-state index contributed by atoms with van der Waals surface area (Å²) in [6.45, 7) is 4.91. The van der Waals surface area contributed by atoms with Crippen LogP contribution in [0.25, 0.3) is 0 Å². The standard InChI is InChI=1S/C11H22O2S.C2H4O2S/c1-3-5-6-10(4-2)9-13-11(12)7-8-14;3-2(4)1-5/h10,14H,3-9H2,1-2H3;5H,1H2,(H,3,4). The van der Waals surface area contributed by atoms with Crippen LogP contribution in [0.3, 0.4) is 0 Å². The third-order valence-electron chi connectivity index (χ3n) is 2.47. The van der Waals surface area contributed by atoms with Crippen molar-refractivity contribution in [2.75, 3.05) is 18.1 Å². The minimum Gasteiger partial charge on any atom is -0.481 e. The molecule has 0 aromatic carbocycles. The number of ether oxygens (including phenoxy) is 1. The molecule has 1 unspecified atom stereocenters. The molecule has 0 aliphatic heterocycles. The average Bonchev–Trinajstić information content (AvgIpc) is 2.40. The Bertz CT molecular complexity index is 235. The van der Waals surface area contributed by atoms with Gasteiger partial charge in [0, 0.05) is 5.75 Å². The quantitative estimate of drug-likeness (QED) is 0.452. The lowest BCUT2D eigenvalue weighted by Crippen LogP contribution is -2.13. The molecule has 0 radical (unpaired) electrons. The lowest BCUT2D eigenvalue weighted by molar-refractivity contribution is -0.144. The molecule has 0 amide bonds. The summed E-state index contributed by atoms with van der Waals surface area (Å²) in [7, 11) is 0. The van der Waals surface area contributed by atoms with Crippen molar-refractivity contribution in [3.63, 3.8) is 0 Å². The third-order valence-corrected chi connectivity index (χ3v) is 2.97. The Labute approximate surface area is 127 Å². The Morgan fingerprint density at radius 2 is 1.84 bits per heavy atom. The van der Waals surface area contributed by atoms with Crippen molar-refractivity contribution in [1.29, 1.82) is 0 Å². The van der Waals surface area contributed by atoms with Gasteiger partial charge in [-0.2, -0.15) is 25.3 Å². The molecule has 0 fully saturated rings. The Balaban J connectivity index is 0. The molecule has 0 spiro atoms. The van der Waals surface area contributed by atoms with E-state index in [9.17, 15) is 9.59 Å². The smallest absolute Gasteiger partial charge is 0.313 e.